The van der Waals surface area contributed by atoms with Crippen LogP contribution in [0.15, 0.2) is 23.9 Å². The van der Waals surface area contributed by atoms with Crippen LogP contribution in [0.1, 0.15) is 0 Å². The number of esters is 1. The molecule has 0 aliphatic carbocycles. The van der Waals surface area contributed by atoms with Gasteiger partial charge in [-0.1, -0.05) is 12.7 Å². The largest absolute Gasteiger partial charge is 0.464 e. The van der Waals surface area contributed by atoms with E-state index in [2.05, 4.69) is 11.3 Å². The van der Waals surface area contributed by atoms with Crippen LogP contribution in [-0.2, 0) is 14.3 Å². The lowest BCUT2D eigenvalue weighted by Gasteiger charge is -2.47. The first kappa shape index (κ1) is 11.2. The summed E-state index contributed by atoms with van der Waals surface area (Å²) >= 11 is 1.53. The summed E-state index contributed by atoms with van der Waals surface area (Å²) in [5.74, 6) is -0.131. The highest BCUT2D eigenvalue weighted by Gasteiger charge is 2.51. The van der Waals surface area contributed by atoms with Crippen LogP contribution < -0.4 is 5.73 Å². The van der Waals surface area contributed by atoms with Crippen molar-refractivity contribution in [3.05, 3.63) is 23.9 Å². The molecule has 2 aliphatic rings. The number of carbonyl (C=O) groups is 2. The van der Waals surface area contributed by atoms with E-state index in [0.717, 1.165) is 0 Å². The molecule has 2 aliphatic heterocycles. The van der Waals surface area contributed by atoms with E-state index in [-0.39, 0.29) is 17.0 Å². The fourth-order valence-corrected chi connectivity index (χ4v) is 3.07. The van der Waals surface area contributed by atoms with Crippen LogP contribution in [0.5, 0.6) is 0 Å². The first-order valence-electron chi connectivity index (χ1n) is 4.76. The molecule has 86 valence electrons. The van der Waals surface area contributed by atoms with Crippen molar-refractivity contribution in [2.75, 3.05) is 12.9 Å². The van der Waals surface area contributed by atoms with Gasteiger partial charge in [-0.15, -0.1) is 11.8 Å². The maximum atomic E-state index is 11.6. The van der Waals surface area contributed by atoms with Gasteiger partial charge < -0.3 is 10.5 Å². The molecular formula is C10H12N2O3S. The minimum atomic E-state index is -0.518. The molecule has 0 aromatic carbocycles. The first-order chi connectivity index (χ1) is 7.61. The molecule has 1 unspecified atom stereocenters. The summed E-state index contributed by atoms with van der Waals surface area (Å²) in [4.78, 5) is 24.6. The predicted octanol–water partition coefficient (Wildman–Crippen LogP) is -0.158. The number of hydrogen-bond donors (Lipinski definition) is 1. The molecule has 1 saturated heterocycles. The summed E-state index contributed by atoms with van der Waals surface area (Å²) in [7, 11) is 1.29. The quantitative estimate of drug-likeness (QED) is 0.536. The molecule has 0 aromatic heterocycles. The number of nitrogens with zero attached hydrogens (tertiary/aromatic N) is 1. The number of amides is 1. The maximum Gasteiger partial charge on any atom is 0.355 e. The Morgan fingerprint density at radius 1 is 1.75 bits per heavy atom. The number of nitrogens with two attached hydrogens (primary N) is 1. The number of thioether (sulfide) groups is 1. The number of hydrogen-bond acceptors (Lipinski definition) is 5. The van der Waals surface area contributed by atoms with Crippen LogP contribution in [0.25, 0.3) is 0 Å². The van der Waals surface area contributed by atoms with E-state index in [0.29, 0.717) is 11.3 Å². The lowest BCUT2D eigenvalue weighted by Crippen LogP contribution is -2.68. The number of β-lactam (4-membered cyclic amide) rings is 1. The molecule has 6 heteroatoms. The highest BCUT2D eigenvalue weighted by atomic mass is 32.2. The monoisotopic (exact) mass is 240 g/mol. The Labute approximate surface area is 97.3 Å². The summed E-state index contributed by atoms with van der Waals surface area (Å²) in [5.41, 5.74) is 6.66. The van der Waals surface area contributed by atoms with Crippen molar-refractivity contribution in [3.63, 3.8) is 0 Å². The molecule has 0 aromatic rings. The van der Waals surface area contributed by atoms with Crippen LogP contribution in [0, 0.1) is 0 Å². The van der Waals surface area contributed by atoms with Crippen LogP contribution in [0.4, 0.5) is 0 Å². The van der Waals surface area contributed by atoms with E-state index >= 15 is 0 Å². The van der Waals surface area contributed by atoms with Crippen molar-refractivity contribution < 1.29 is 14.3 Å². The third-order valence-corrected chi connectivity index (χ3v) is 3.99. The van der Waals surface area contributed by atoms with Crippen LogP contribution >= 0.6 is 11.8 Å². The molecular weight excluding hydrogens is 228 g/mol. The van der Waals surface area contributed by atoms with Gasteiger partial charge in [-0.25, -0.2) is 4.79 Å². The fourth-order valence-electron chi connectivity index (χ4n) is 1.78. The Kier molecular flexibility index (Phi) is 2.77. The summed E-state index contributed by atoms with van der Waals surface area (Å²) in [6, 6.07) is -0.518. The lowest BCUT2D eigenvalue weighted by molar-refractivity contribution is -0.149. The molecule has 0 saturated carbocycles. The summed E-state index contributed by atoms with van der Waals surface area (Å²) < 4.78 is 4.67. The second kappa shape index (κ2) is 3.95. The van der Waals surface area contributed by atoms with Gasteiger partial charge in [0.05, 0.1) is 7.11 Å². The minimum Gasteiger partial charge on any atom is -0.464 e. The predicted molar refractivity (Wildman–Crippen MR) is 60.3 cm³/mol. The average Bonchev–Trinajstić information content (AvgIpc) is 2.34. The van der Waals surface area contributed by atoms with Crippen molar-refractivity contribution in [2.24, 2.45) is 5.73 Å². The van der Waals surface area contributed by atoms with Crippen LogP contribution in [0.2, 0.25) is 0 Å². The fraction of sp³-hybridized carbons (Fsp3) is 0.400. The van der Waals surface area contributed by atoms with Gasteiger partial charge >= 0.3 is 5.97 Å². The van der Waals surface area contributed by atoms with Crippen molar-refractivity contribution in [3.8, 4) is 0 Å². The van der Waals surface area contributed by atoms with Crippen molar-refractivity contribution >= 4 is 23.6 Å². The normalized spacial score (nSPS) is 28.4. The van der Waals surface area contributed by atoms with E-state index in [9.17, 15) is 9.59 Å². The minimum absolute atomic E-state index is 0.148. The zero-order chi connectivity index (χ0) is 11.9. The third kappa shape index (κ3) is 1.37. The Balaban J connectivity index is 2.40. The highest BCUT2D eigenvalue weighted by molar-refractivity contribution is 8.00. The summed E-state index contributed by atoms with van der Waals surface area (Å²) in [6.07, 6.45) is 1.58. The van der Waals surface area contributed by atoms with Crippen molar-refractivity contribution in [2.45, 2.75) is 11.4 Å². The SMILES string of the molecule is C=CC1=C(C(=O)OC)N2C(=O)C(N)[C@@H]2SC1. The smallest absolute Gasteiger partial charge is 0.355 e. The van der Waals surface area contributed by atoms with E-state index in [1.165, 1.54) is 23.8 Å². The number of rotatable bonds is 2. The van der Waals surface area contributed by atoms with Crippen molar-refractivity contribution in [1.82, 2.24) is 4.90 Å². The second-order valence-electron chi connectivity index (χ2n) is 3.51. The molecule has 2 atom stereocenters. The van der Waals surface area contributed by atoms with Crippen LogP contribution in [-0.4, -0.2) is 41.1 Å². The Hall–Kier alpha value is -1.27. The molecule has 0 bridgehead atoms. The van der Waals surface area contributed by atoms with Gasteiger partial charge in [0.15, 0.2) is 0 Å². The van der Waals surface area contributed by atoms with Gasteiger partial charge in [0, 0.05) is 5.75 Å². The maximum absolute atomic E-state index is 11.6. The third-order valence-electron chi connectivity index (χ3n) is 2.66. The summed E-state index contributed by atoms with van der Waals surface area (Å²) in [5, 5.41) is -0.148. The number of ether oxygens (including phenoxy) is 1. The molecule has 1 fully saturated rings. The molecule has 2 N–H and O–H groups in total. The number of fused-ring (bicyclic) bond motifs is 1. The number of carbonyl (C=O) groups excluding carboxylic acids is 2. The molecule has 5 nitrogen and oxygen atoms in total. The van der Waals surface area contributed by atoms with E-state index in [1.807, 2.05) is 0 Å². The Bertz CT molecular complexity index is 405. The molecule has 0 spiro atoms. The van der Waals surface area contributed by atoms with Crippen LogP contribution in [0.3, 0.4) is 0 Å². The van der Waals surface area contributed by atoms with Gasteiger partial charge in [-0.2, -0.15) is 0 Å². The van der Waals surface area contributed by atoms with E-state index < -0.39 is 12.0 Å². The second-order valence-corrected chi connectivity index (χ2v) is 4.61. The van der Waals surface area contributed by atoms with E-state index in [4.69, 9.17) is 5.73 Å². The van der Waals surface area contributed by atoms with Gasteiger partial charge in [0.1, 0.15) is 17.1 Å². The Morgan fingerprint density at radius 3 is 3.00 bits per heavy atom. The van der Waals surface area contributed by atoms with E-state index in [1.54, 1.807) is 6.08 Å². The number of methoxy groups -OCH3 is 1. The average molecular weight is 240 g/mol. The first-order valence-corrected chi connectivity index (χ1v) is 5.80. The Morgan fingerprint density at radius 2 is 2.44 bits per heavy atom. The molecule has 0 radical (unpaired) electrons. The van der Waals surface area contributed by atoms with Gasteiger partial charge in [-0.3, -0.25) is 9.69 Å². The zero-order valence-electron chi connectivity index (χ0n) is 8.80. The standard InChI is InChI=1S/C10H12N2O3S/c1-3-5-4-16-9-6(11)8(13)12(9)7(5)10(14)15-2/h3,6,9H,1,4,11H2,2H3/t6?,9-/m0/s1. The topological polar surface area (TPSA) is 72.6 Å². The zero-order valence-corrected chi connectivity index (χ0v) is 9.62. The van der Waals surface area contributed by atoms with Gasteiger partial charge in [-0.05, 0) is 5.57 Å². The molecule has 1 amide bonds. The highest BCUT2D eigenvalue weighted by Crippen LogP contribution is 2.39. The molecule has 2 rings (SSSR count). The number of allylic oxidation sites excluding steroid dienone is 1. The van der Waals surface area contributed by atoms with Gasteiger partial charge in [0.2, 0.25) is 5.91 Å². The summed E-state index contributed by atoms with van der Waals surface area (Å²) in [6.45, 7) is 3.63. The van der Waals surface area contributed by atoms with Gasteiger partial charge in [0.25, 0.3) is 0 Å². The lowest BCUT2D eigenvalue weighted by atomic mass is 10.0. The van der Waals surface area contributed by atoms with Crippen molar-refractivity contribution in [1.29, 1.82) is 0 Å². The molecule has 16 heavy (non-hydrogen) atoms. The molecule has 2 heterocycles.